The quantitative estimate of drug-likeness (QED) is 0.0165. The number of nitrogens with zero attached hydrogens (tertiary/aromatic N) is 8. The summed E-state index contributed by atoms with van der Waals surface area (Å²) in [6.07, 6.45) is 5.63. The van der Waals surface area contributed by atoms with Gasteiger partial charge in [0.25, 0.3) is 0 Å². The lowest BCUT2D eigenvalue weighted by Crippen LogP contribution is -2.47. The molecule has 8 amide bonds. The third kappa shape index (κ3) is 56.2. The van der Waals surface area contributed by atoms with Crippen molar-refractivity contribution in [2.24, 2.45) is 174 Å². The molecule has 0 aromatic heterocycles. The van der Waals surface area contributed by atoms with Crippen LogP contribution in [-0.2, 0) is 78.3 Å². The van der Waals surface area contributed by atoms with Crippen molar-refractivity contribution in [1.29, 1.82) is 0 Å². The predicted molar refractivity (Wildman–Crippen MR) is 523 cm³/mol. The number of carbonyl (C=O) groups is 15. The Morgan fingerprint density at radius 2 is 0.679 bits per heavy atom. The Morgan fingerprint density at radius 1 is 0.365 bits per heavy atom. The molecule has 49 nitrogen and oxygen atoms in total. The number of primary amides is 1. The lowest BCUT2D eigenvalue weighted by atomic mass is 9.88. The molecular formula is C88H158N32O17. The third-order valence-corrected chi connectivity index (χ3v) is 22.8. The first-order chi connectivity index (χ1) is 65.0. The largest absolute Gasteiger partial charge is 0.508 e. The maximum Gasteiger partial charge on any atom is 0.326 e. The Labute approximate surface area is 801 Å². The summed E-state index contributed by atoms with van der Waals surface area (Å²) in [6.45, 7) is 4.25. The molecule has 44 N–H and O–H groups in total. The highest BCUT2D eigenvalue weighted by Crippen LogP contribution is 2.28. The van der Waals surface area contributed by atoms with Crippen molar-refractivity contribution in [2.75, 3.05) is 79.0 Å². The van der Waals surface area contributed by atoms with Crippen molar-refractivity contribution in [2.45, 2.75) is 268 Å². The fourth-order valence-electron chi connectivity index (χ4n) is 15.2. The van der Waals surface area contributed by atoms with Crippen molar-refractivity contribution in [1.82, 2.24) is 36.8 Å². The van der Waals surface area contributed by atoms with Crippen molar-refractivity contribution in [3.05, 3.63) is 29.8 Å². The Hall–Kier alpha value is -13.0. The molecule has 0 radical (unpaired) electrons. The summed E-state index contributed by atoms with van der Waals surface area (Å²) in [6, 6.07) is -0.294. The van der Waals surface area contributed by atoms with Gasteiger partial charge in [-0.15, -0.1) is 0 Å². The van der Waals surface area contributed by atoms with Gasteiger partial charge >= 0.3 is 5.97 Å². The predicted octanol–water partition coefficient (Wildman–Crippen LogP) is -4.94. The Balaban J connectivity index is 0.00000150. The van der Waals surface area contributed by atoms with Gasteiger partial charge in [-0.3, -0.25) is 102 Å². The molecule has 1 aromatic carbocycles. The summed E-state index contributed by atoms with van der Waals surface area (Å²) in [5.41, 5.74) is 99.6. The number of aromatic hydroxyl groups is 1. The number of aliphatic imine (C=N–C) groups is 7. The number of rotatable bonds is 75. The summed E-state index contributed by atoms with van der Waals surface area (Å²) in [4.78, 5) is 232. The monoisotopic (exact) mass is 1940 g/mol. The van der Waals surface area contributed by atoms with E-state index in [9.17, 15) is 82.1 Å². The zero-order valence-electron chi connectivity index (χ0n) is 79.8. The molecule has 1 saturated heterocycles. The maximum absolute atomic E-state index is 14.4. The number of ketones is 6. The summed E-state index contributed by atoms with van der Waals surface area (Å²) in [5, 5.41) is 35.7. The molecule has 1 fully saturated rings. The lowest BCUT2D eigenvalue weighted by Gasteiger charge is -2.26. The van der Waals surface area contributed by atoms with Crippen LogP contribution in [0.15, 0.2) is 59.2 Å². The van der Waals surface area contributed by atoms with Gasteiger partial charge in [-0.25, -0.2) is 4.79 Å². The number of carboxylic acids is 1. The summed E-state index contributed by atoms with van der Waals surface area (Å²) < 4.78 is 0. The molecule has 137 heavy (non-hydrogen) atoms. The number of guanidine groups is 7. The fourth-order valence-corrected chi connectivity index (χ4v) is 15.2. The zero-order chi connectivity index (χ0) is 103. The van der Waals surface area contributed by atoms with Crippen LogP contribution in [-0.4, -0.2) is 260 Å². The molecule has 0 bridgehead atoms. The number of benzene rings is 1. The number of likely N-dealkylation sites (tertiary alicyclic amines) is 1. The highest BCUT2D eigenvalue weighted by Gasteiger charge is 2.39. The summed E-state index contributed by atoms with van der Waals surface area (Å²) >= 11 is 0. The highest BCUT2D eigenvalue weighted by atomic mass is 16.4. The molecule has 2 rings (SSSR count). The number of hydrogen-bond acceptors (Lipinski definition) is 26. The second-order valence-corrected chi connectivity index (χ2v) is 34.1. The minimum Gasteiger partial charge on any atom is -0.508 e. The Bertz CT molecular complexity index is 4160. The standard InChI is InChI=1S/C56H97N17O10.C32H61N15O7/c1-66-51(81)37(14-8-28-67-54(60)61)33-47(77)43(15-4-7-27-59)72-52(82)38(12-2-5-25-57)34-46(76)42(17-10-30-69-56(64)65)70-49(79)24-23-45(75)41(16-9-29-68-55(62)63)71-53(83)39(13-3-6-26-58)35-48(78)44-18-11-31-73(44)50(80)32-36-19-21-40(74)22-20-36;1-18(6-2-12-42-29(34)35)23(48)16-20(10-11-25(33)50)27(52)46-21(8-4-14-44-31(38)39)24(49)17-19(7-3-13-43-30(36)37)26(51)47-22(28(53)54)9-5-15-45-32(40)41/h19-22,37-39,41-44,74H,2-18,23-35,57-59H2,1H3,(H,66,81)(H,70,79)(H,71,83)(H,72,82)(H4,60,61,67)(H4,62,63,68)(H4,64,65,69);18-22H,2-17H2,1H3,(H2,33,50)(H,46,52)(H,47,51)(H,53,54)(H4,34,35,42)(H4,36,37,43)(H4,38,39,44)(H4,40,41,45)/t37-,38-,39-,41+,42+,43+,44+;18-,19+,20+,21-,22-/m10/s1. The number of unbranched alkanes of at least 4 members (excludes halogenated alkanes) is 3. The number of nitrogens with two attached hydrogens (primary N) is 18. The molecule has 0 unspecified atom stereocenters. The zero-order valence-corrected chi connectivity index (χ0v) is 79.8. The normalized spacial score (nSPS) is 14.4. The van der Waals surface area contributed by atoms with Crippen LogP contribution < -0.4 is 135 Å². The van der Waals surface area contributed by atoms with Gasteiger partial charge in [-0.05, 0) is 191 Å². The highest BCUT2D eigenvalue weighted by molar-refractivity contribution is 5.99. The van der Waals surface area contributed by atoms with E-state index in [2.05, 4.69) is 66.8 Å². The van der Waals surface area contributed by atoms with E-state index < -0.39 is 143 Å². The first-order valence-electron chi connectivity index (χ1n) is 46.9. The molecule has 0 spiro atoms. The number of carboxylic acid groups (broad SMARTS) is 1. The van der Waals surface area contributed by atoms with Crippen LogP contribution >= 0.6 is 0 Å². The Kier molecular flexibility index (Phi) is 62.9. The molecule has 1 heterocycles. The van der Waals surface area contributed by atoms with Gasteiger partial charge in [0.2, 0.25) is 47.3 Å². The van der Waals surface area contributed by atoms with Gasteiger partial charge < -0.3 is 150 Å². The summed E-state index contributed by atoms with van der Waals surface area (Å²) in [5.74, 6) is -14.3. The smallest absolute Gasteiger partial charge is 0.326 e. The van der Waals surface area contributed by atoms with Gasteiger partial charge in [-0.1, -0.05) is 31.9 Å². The molecule has 0 saturated carbocycles. The maximum atomic E-state index is 14.4. The van der Waals surface area contributed by atoms with Crippen molar-refractivity contribution in [3.8, 4) is 5.75 Å². The van der Waals surface area contributed by atoms with Crippen LogP contribution in [0.2, 0.25) is 0 Å². The van der Waals surface area contributed by atoms with E-state index in [4.69, 9.17) is 103 Å². The number of phenolic OH excluding ortho intramolecular Hbond substituents is 1. The Morgan fingerprint density at radius 3 is 1.05 bits per heavy atom. The van der Waals surface area contributed by atoms with Crippen molar-refractivity contribution in [3.63, 3.8) is 0 Å². The van der Waals surface area contributed by atoms with E-state index in [1.807, 2.05) is 0 Å². The topological polar surface area (TPSA) is 927 Å². The minimum atomic E-state index is -1.31. The van der Waals surface area contributed by atoms with Crippen LogP contribution in [0.5, 0.6) is 5.75 Å². The SMILES string of the molecule is CNC(=O)[C@H](CCCN=C(N)N)CC(=O)[C@H](CCCCN)NC(=O)[C@H](CCCCN)CC(=O)[C@H](CCCN=C(N)N)NC(=O)CCC(=O)[C@H](CCCN=C(N)N)NC(=O)[C@H](CCCCN)CC(=O)[C@@H]1CCCN1C(=O)Cc1ccc(O)cc1.C[C@@H](CCCN=C(N)N)C(=O)C[C@@H](CCC(N)=O)C(=O)N[C@@H](CCCN=C(N)N)C(=O)C[C@@H](CCCN=C(N)N)C(=O)N[C@@H](CCCN=C(N)N)C(=O)O. The van der Waals surface area contributed by atoms with Crippen molar-refractivity contribution < 1.29 is 82.1 Å². The van der Waals surface area contributed by atoms with Crippen LogP contribution in [0.4, 0.5) is 0 Å². The number of phenols is 1. The number of nitrogens with one attached hydrogen (secondary N) is 6. The van der Waals surface area contributed by atoms with Crippen LogP contribution in [0.1, 0.15) is 231 Å². The third-order valence-electron chi connectivity index (χ3n) is 22.8. The lowest BCUT2D eigenvalue weighted by molar-refractivity contribution is -0.143. The van der Waals surface area contributed by atoms with Gasteiger partial charge in [0.1, 0.15) is 17.6 Å². The van der Waals surface area contributed by atoms with Crippen LogP contribution in [0.3, 0.4) is 0 Å². The molecule has 1 aliphatic rings. The fraction of sp³-hybridized carbons (Fsp3) is 0.682. The van der Waals surface area contributed by atoms with E-state index in [-0.39, 0.29) is 251 Å². The number of Topliss-reactive ketones (excluding diaryl/α,β-unsaturated/α-hetero) is 6. The van der Waals surface area contributed by atoms with E-state index >= 15 is 0 Å². The van der Waals surface area contributed by atoms with E-state index in [0.717, 1.165) is 0 Å². The molecule has 49 heteroatoms. The molecule has 0 aliphatic carbocycles. The second-order valence-electron chi connectivity index (χ2n) is 34.1. The van der Waals surface area contributed by atoms with E-state index in [0.29, 0.717) is 115 Å². The van der Waals surface area contributed by atoms with Gasteiger partial charge in [-0.2, -0.15) is 0 Å². The second kappa shape index (κ2) is 70.7. The van der Waals surface area contributed by atoms with Gasteiger partial charge in [0, 0.05) is 146 Å². The number of carbonyl (C=O) groups excluding carboxylic acids is 14. The van der Waals surface area contributed by atoms with Crippen molar-refractivity contribution >= 4 is 130 Å². The van der Waals surface area contributed by atoms with Crippen LogP contribution in [0, 0.1) is 35.5 Å². The molecule has 1 aromatic rings. The number of hydrogen-bond donors (Lipinski definition) is 26. The average Bonchev–Trinajstić information content (AvgIpc) is 1.76. The first-order valence-corrected chi connectivity index (χ1v) is 46.9. The summed E-state index contributed by atoms with van der Waals surface area (Å²) in [7, 11) is 1.46. The number of amides is 8. The first kappa shape index (κ1) is 122. The van der Waals surface area contributed by atoms with Gasteiger partial charge in [0.05, 0.1) is 36.6 Å². The molecule has 1 aliphatic heterocycles. The van der Waals surface area contributed by atoms with Crippen LogP contribution in [0.25, 0.3) is 0 Å². The van der Waals surface area contributed by atoms with Gasteiger partial charge in [0.15, 0.2) is 70.6 Å². The van der Waals surface area contributed by atoms with E-state index in [1.54, 1.807) is 19.1 Å². The molecule has 772 valence electrons. The molecular weight excluding hydrogens is 1780 g/mol. The molecule has 12 atom stereocenters. The average molecular weight is 1940 g/mol. The van der Waals surface area contributed by atoms with E-state index in [1.165, 1.54) is 24.1 Å². The minimum absolute atomic E-state index is 0.00368. The number of aliphatic carboxylic acids is 1.